The minimum atomic E-state index is -0.970. The largest absolute Gasteiger partial charge is 0.477 e. The van der Waals surface area contributed by atoms with Crippen molar-refractivity contribution in [2.24, 2.45) is 0 Å². The molecule has 0 bridgehead atoms. The van der Waals surface area contributed by atoms with Gasteiger partial charge in [0.2, 0.25) is 0 Å². The number of benzene rings is 1. The number of hydrogen-bond acceptors (Lipinski definition) is 5. The van der Waals surface area contributed by atoms with Crippen molar-refractivity contribution in [2.75, 3.05) is 31.2 Å². The Bertz CT molecular complexity index is 730. The number of thiazole rings is 1. The van der Waals surface area contributed by atoms with E-state index in [0.29, 0.717) is 53.6 Å². The molecule has 1 aromatic carbocycles. The molecule has 1 N–H and O–H groups in total. The molecule has 0 amide bonds. The summed E-state index contributed by atoms with van der Waals surface area (Å²) in [5, 5.41) is 11.2. The highest BCUT2D eigenvalue weighted by molar-refractivity contribution is 7.17. The van der Waals surface area contributed by atoms with Gasteiger partial charge in [-0.15, -0.1) is 0 Å². The number of aromatic nitrogens is 1. The number of aromatic carboxylic acids is 1. The number of rotatable bonds is 4. The van der Waals surface area contributed by atoms with Crippen molar-refractivity contribution >= 4 is 45.6 Å². The minimum absolute atomic E-state index is 0.248. The lowest BCUT2D eigenvalue weighted by atomic mass is 10.1. The summed E-state index contributed by atoms with van der Waals surface area (Å²) in [5.74, 6) is -0.970. The predicted molar refractivity (Wildman–Crippen MR) is 91.4 cm³/mol. The van der Waals surface area contributed by atoms with Gasteiger partial charge in [-0.05, 0) is 17.7 Å². The molecule has 1 aliphatic heterocycles. The van der Waals surface area contributed by atoms with Gasteiger partial charge in [-0.1, -0.05) is 40.6 Å². The van der Waals surface area contributed by atoms with Crippen LogP contribution in [0.3, 0.4) is 0 Å². The molecule has 0 saturated carbocycles. The number of carbonyl (C=O) groups is 1. The normalized spacial score (nSPS) is 15.0. The molecule has 122 valence electrons. The highest BCUT2D eigenvalue weighted by atomic mass is 35.5. The first-order chi connectivity index (χ1) is 11.0. The van der Waals surface area contributed by atoms with Gasteiger partial charge in [0.05, 0.1) is 18.9 Å². The van der Waals surface area contributed by atoms with Gasteiger partial charge in [0.25, 0.3) is 0 Å². The van der Waals surface area contributed by atoms with Crippen molar-refractivity contribution in [1.82, 2.24) is 4.98 Å². The topological polar surface area (TPSA) is 62.7 Å². The van der Waals surface area contributed by atoms with Crippen molar-refractivity contribution in [3.63, 3.8) is 0 Å². The highest BCUT2D eigenvalue weighted by Gasteiger charge is 2.22. The minimum Gasteiger partial charge on any atom is -0.477 e. The number of nitrogens with zero attached hydrogens (tertiary/aromatic N) is 2. The molecule has 2 heterocycles. The van der Waals surface area contributed by atoms with Crippen LogP contribution in [0.4, 0.5) is 5.13 Å². The molecule has 2 aromatic rings. The van der Waals surface area contributed by atoms with Gasteiger partial charge >= 0.3 is 5.97 Å². The van der Waals surface area contributed by atoms with Crippen molar-refractivity contribution in [3.8, 4) is 0 Å². The Labute approximate surface area is 147 Å². The van der Waals surface area contributed by atoms with Gasteiger partial charge in [0.15, 0.2) is 5.13 Å². The number of ether oxygens (including phenoxy) is 1. The zero-order valence-electron chi connectivity index (χ0n) is 12.1. The van der Waals surface area contributed by atoms with Crippen LogP contribution < -0.4 is 4.90 Å². The Kier molecular flexibility index (Phi) is 5.06. The number of anilines is 1. The Hall–Kier alpha value is -1.34. The van der Waals surface area contributed by atoms with Gasteiger partial charge in [-0.2, -0.15) is 0 Å². The zero-order valence-corrected chi connectivity index (χ0v) is 14.4. The van der Waals surface area contributed by atoms with E-state index < -0.39 is 5.97 Å². The van der Waals surface area contributed by atoms with E-state index >= 15 is 0 Å². The maximum atomic E-state index is 11.5. The summed E-state index contributed by atoms with van der Waals surface area (Å²) < 4.78 is 5.32. The summed E-state index contributed by atoms with van der Waals surface area (Å²) in [5.41, 5.74) is 1.32. The van der Waals surface area contributed by atoms with E-state index in [1.54, 1.807) is 18.2 Å². The maximum Gasteiger partial charge on any atom is 0.347 e. The molecule has 23 heavy (non-hydrogen) atoms. The van der Waals surface area contributed by atoms with Crippen molar-refractivity contribution in [2.45, 2.75) is 6.42 Å². The van der Waals surface area contributed by atoms with E-state index in [1.165, 1.54) is 11.3 Å². The van der Waals surface area contributed by atoms with Crippen LogP contribution in [0, 0.1) is 0 Å². The number of carboxylic acid groups (broad SMARTS) is 1. The quantitative estimate of drug-likeness (QED) is 0.888. The molecule has 1 aliphatic rings. The van der Waals surface area contributed by atoms with Crippen LogP contribution in [0.1, 0.15) is 20.9 Å². The van der Waals surface area contributed by atoms with E-state index in [2.05, 4.69) is 4.98 Å². The predicted octanol–water partition coefficient (Wildman–Crippen LogP) is 3.58. The fourth-order valence-corrected chi connectivity index (χ4v) is 3.81. The van der Waals surface area contributed by atoms with Crippen LogP contribution in [0.2, 0.25) is 10.0 Å². The van der Waals surface area contributed by atoms with E-state index in [4.69, 9.17) is 27.9 Å². The fourth-order valence-electron chi connectivity index (χ4n) is 2.36. The Morgan fingerprint density at radius 3 is 2.74 bits per heavy atom. The summed E-state index contributed by atoms with van der Waals surface area (Å²) in [4.78, 5) is 18.3. The lowest BCUT2D eigenvalue weighted by molar-refractivity contribution is 0.0701. The number of hydrogen-bond donors (Lipinski definition) is 1. The molecule has 8 heteroatoms. The van der Waals surface area contributed by atoms with Gasteiger partial charge in [0.1, 0.15) is 4.88 Å². The Balaban J connectivity index is 1.90. The summed E-state index contributed by atoms with van der Waals surface area (Å²) >= 11 is 13.3. The third-order valence-electron chi connectivity index (χ3n) is 3.53. The summed E-state index contributed by atoms with van der Waals surface area (Å²) in [6.07, 6.45) is 0.360. The molecule has 1 saturated heterocycles. The standard InChI is InChI=1S/C15H14Cl2N2O3S/c16-10-2-1-9(11(17)8-10)7-12-13(14(20)21)23-15(18-12)19-3-5-22-6-4-19/h1-2,8H,3-7H2,(H,20,21). The SMILES string of the molecule is O=C(O)c1sc(N2CCOCC2)nc1Cc1ccc(Cl)cc1Cl. The second-order valence-electron chi connectivity index (χ2n) is 5.09. The smallest absolute Gasteiger partial charge is 0.347 e. The van der Waals surface area contributed by atoms with Crippen molar-refractivity contribution in [1.29, 1.82) is 0 Å². The average molecular weight is 373 g/mol. The lowest BCUT2D eigenvalue weighted by Crippen LogP contribution is -2.36. The zero-order chi connectivity index (χ0) is 16.4. The fraction of sp³-hybridized carbons (Fsp3) is 0.333. The Morgan fingerprint density at radius 2 is 2.09 bits per heavy atom. The van der Waals surface area contributed by atoms with Crippen LogP contribution in [0.15, 0.2) is 18.2 Å². The average Bonchev–Trinajstić information content (AvgIpc) is 2.95. The molecule has 0 radical (unpaired) electrons. The number of morpholine rings is 1. The van der Waals surface area contributed by atoms with Gasteiger partial charge in [-0.3, -0.25) is 0 Å². The first-order valence-electron chi connectivity index (χ1n) is 7.04. The highest BCUT2D eigenvalue weighted by Crippen LogP contribution is 2.30. The van der Waals surface area contributed by atoms with E-state index in [-0.39, 0.29) is 4.88 Å². The number of carboxylic acids is 1. The first-order valence-corrected chi connectivity index (χ1v) is 8.61. The molecule has 0 unspecified atom stereocenters. The summed E-state index contributed by atoms with van der Waals surface area (Å²) in [7, 11) is 0. The van der Waals surface area contributed by atoms with E-state index in [0.717, 1.165) is 5.56 Å². The molecular formula is C15H14Cl2N2O3S. The second-order valence-corrected chi connectivity index (χ2v) is 6.91. The van der Waals surface area contributed by atoms with Crippen molar-refractivity contribution in [3.05, 3.63) is 44.4 Å². The summed E-state index contributed by atoms with van der Waals surface area (Å²) in [6, 6.07) is 5.18. The van der Waals surface area contributed by atoms with Gasteiger partial charge < -0.3 is 14.7 Å². The number of halogens is 2. The summed E-state index contributed by atoms with van der Waals surface area (Å²) in [6.45, 7) is 2.68. The van der Waals surface area contributed by atoms with E-state index in [1.807, 2.05) is 4.90 Å². The molecule has 5 nitrogen and oxygen atoms in total. The molecule has 3 rings (SSSR count). The maximum absolute atomic E-state index is 11.5. The second kappa shape index (κ2) is 7.05. The van der Waals surface area contributed by atoms with Crippen LogP contribution >= 0.6 is 34.5 Å². The third-order valence-corrected chi connectivity index (χ3v) is 5.27. The monoisotopic (exact) mass is 372 g/mol. The molecule has 1 aromatic heterocycles. The van der Waals surface area contributed by atoms with Crippen LogP contribution in [0.25, 0.3) is 0 Å². The molecule has 0 atom stereocenters. The first kappa shape index (κ1) is 16.5. The third kappa shape index (κ3) is 3.77. The molecule has 0 spiro atoms. The molecular weight excluding hydrogens is 359 g/mol. The lowest BCUT2D eigenvalue weighted by Gasteiger charge is -2.26. The molecule has 0 aliphatic carbocycles. The van der Waals surface area contributed by atoms with Gasteiger partial charge in [-0.25, -0.2) is 9.78 Å². The van der Waals surface area contributed by atoms with Crippen LogP contribution in [-0.4, -0.2) is 42.4 Å². The van der Waals surface area contributed by atoms with Crippen LogP contribution in [0.5, 0.6) is 0 Å². The molecule has 1 fully saturated rings. The van der Waals surface area contributed by atoms with Gasteiger partial charge in [0, 0.05) is 29.6 Å². The van der Waals surface area contributed by atoms with E-state index in [9.17, 15) is 9.90 Å². The van der Waals surface area contributed by atoms with Crippen LogP contribution in [-0.2, 0) is 11.2 Å². The van der Waals surface area contributed by atoms with Crippen molar-refractivity contribution < 1.29 is 14.6 Å². The Morgan fingerprint density at radius 1 is 1.35 bits per heavy atom.